The van der Waals surface area contributed by atoms with E-state index in [9.17, 15) is 8.42 Å². The molecule has 18 heavy (non-hydrogen) atoms. The van der Waals surface area contributed by atoms with E-state index < -0.39 is 10.0 Å². The van der Waals surface area contributed by atoms with Crippen LogP contribution in [0.25, 0.3) is 0 Å². The van der Waals surface area contributed by atoms with Crippen molar-refractivity contribution >= 4 is 21.4 Å². The van der Waals surface area contributed by atoms with Gasteiger partial charge in [0.05, 0.1) is 0 Å². The van der Waals surface area contributed by atoms with E-state index in [2.05, 4.69) is 6.92 Å². The molecule has 1 aliphatic rings. The minimum absolute atomic E-state index is 0.0510. The van der Waals surface area contributed by atoms with Crippen LogP contribution in [0.15, 0.2) is 16.3 Å². The molecule has 0 radical (unpaired) electrons. The van der Waals surface area contributed by atoms with Gasteiger partial charge in [-0.25, -0.2) is 8.42 Å². The fourth-order valence-corrected chi connectivity index (χ4v) is 4.76. The molecule has 2 unspecified atom stereocenters. The van der Waals surface area contributed by atoms with Gasteiger partial charge in [0.1, 0.15) is 4.21 Å². The summed E-state index contributed by atoms with van der Waals surface area (Å²) in [6.07, 6.45) is 1.64. The van der Waals surface area contributed by atoms with E-state index in [1.54, 1.807) is 19.2 Å². The molecule has 2 rings (SSSR count). The third-order valence-corrected chi connectivity index (χ3v) is 6.86. The fourth-order valence-electron chi connectivity index (χ4n) is 1.98. The number of aliphatic hydroxyl groups excluding tert-OH is 1. The zero-order chi connectivity index (χ0) is 13.3. The number of sulfonamides is 1. The largest absolute Gasteiger partial charge is 0.396 e. The molecule has 0 aliphatic heterocycles. The highest BCUT2D eigenvalue weighted by atomic mass is 32.2. The molecule has 1 fully saturated rings. The fraction of sp³-hybridized carbons (Fsp3) is 0.667. The first-order valence-corrected chi connectivity index (χ1v) is 8.36. The molecule has 1 heterocycles. The Morgan fingerprint density at radius 1 is 1.50 bits per heavy atom. The number of hydrogen-bond donors (Lipinski definition) is 1. The normalized spacial score (nSPS) is 23.6. The number of hydrogen-bond acceptors (Lipinski definition) is 4. The lowest BCUT2D eigenvalue weighted by Crippen LogP contribution is -2.28. The zero-order valence-electron chi connectivity index (χ0n) is 10.7. The Morgan fingerprint density at radius 3 is 2.72 bits per heavy atom. The van der Waals surface area contributed by atoms with Gasteiger partial charge >= 0.3 is 0 Å². The van der Waals surface area contributed by atoms with Crippen LogP contribution < -0.4 is 0 Å². The van der Waals surface area contributed by atoms with Crippen LogP contribution in [0.5, 0.6) is 0 Å². The van der Waals surface area contributed by atoms with Crippen LogP contribution >= 0.6 is 11.3 Å². The molecule has 102 valence electrons. The molecule has 2 atom stereocenters. The van der Waals surface area contributed by atoms with Crippen LogP contribution in [0.1, 0.15) is 18.2 Å². The van der Waals surface area contributed by atoms with Gasteiger partial charge in [-0.05, 0) is 30.4 Å². The van der Waals surface area contributed by atoms with Crippen molar-refractivity contribution in [3.8, 4) is 0 Å². The number of nitrogens with zero attached hydrogens (tertiary/aromatic N) is 1. The molecule has 1 saturated carbocycles. The summed E-state index contributed by atoms with van der Waals surface area (Å²) < 4.78 is 26.4. The molecule has 1 aliphatic carbocycles. The van der Waals surface area contributed by atoms with Crippen molar-refractivity contribution in [2.75, 3.05) is 20.2 Å². The van der Waals surface area contributed by atoms with Gasteiger partial charge in [0.25, 0.3) is 10.0 Å². The maximum atomic E-state index is 12.3. The highest BCUT2D eigenvalue weighted by Crippen LogP contribution is 2.39. The monoisotopic (exact) mass is 289 g/mol. The highest BCUT2D eigenvalue weighted by Gasteiger charge is 2.36. The van der Waals surface area contributed by atoms with Gasteiger partial charge in [-0.15, -0.1) is 11.3 Å². The van der Waals surface area contributed by atoms with Crippen molar-refractivity contribution in [1.29, 1.82) is 0 Å². The van der Waals surface area contributed by atoms with Crippen LogP contribution in [0.2, 0.25) is 0 Å². The van der Waals surface area contributed by atoms with E-state index in [0.717, 1.165) is 11.3 Å². The van der Waals surface area contributed by atoms with Crippen molar-refractivity contribution in [1.82, 2.24) is 4.31 Å². The van der Waals surface area contributed by atoms with E-state index in [1.807, 2.05) is 0 Å². The summed E-state index contributed by atoms with van der Waals surface area (Å²) >= 11 is 1.25. The van der Waals surface area contributed by atoms with Crippen molar-refractivity contribution in [3.05, 3.63) is 17.0 Å². The molecule has 6 heteroatoms. The Kier molecular flexibility index (Phi) is 4.11. The van der Waals surface area contributed by atoms with E-state index in [-0.39, 0.29) is 6.61 Å². The first kappa shape index (κ1) is 14.0. The lowest BCUT2D eigenvalue weighted by atomic mass is 10.3. The second-order valence-electron chi connectivity index (χ2n) is 4.95. The molecular formula is C12H19NO3S2. The molecule has 0 saturated heterocycles. The van der Waals surface area contributed by atoms with Crippen LogP contribution in [0.3, 0.4) is 0 Å². The minimum atomic E-state index is -3.34. The Hall–Kier alpha value is -0.430. The van der Waals surface area contributed by atoms with Gasteiger partial charge in [-0.3, -0.25) is 0 Å². The van der Waals surface area contributed by atoms with Gasteiger partial charge in [0.15, 0.2) is 0 Å². The number of aliphatic hydroxyl groups is 1. The van der Waals surface area contributed by atoms with Crippen LogP contribution in [-0.4, -0.2) is 38.0 Å². The van der Waals surface area contributed by atoms with Crippen LogP contribution in [-0.2, 0) is 16.4 Å². The smallest absolute Gasteiger partial charge is 0.252 e. The molecule has 1 N–H and O–H groups in total. The first-order valence-electron chi connectivity index (χ1n) is 6.11. The predicted octanol–water partition coefficient (Wildman–Crippen LogP) is 1.56. The first-order chi connectivity index (χ1) is 8.45. The number of thiophene rings is 1. The Labute approximate surface area is 112 Å². The van der Waals surface area contributed by atoms with Crippen molar-refractivity contribution in [2.45, 2.75) is 24.0 Å². The third-order valence-electron chi connectivity index (χ3n) is 3.43. The lowest BCUT2D eigenvalue weighted by Gasteiger charge is -2.15. The average molecular weight is 289 g/mol. The van der Waals surface area contributed by atoms with Crippen molar-refractivity contribution in [2.24, 2.45) is 11.8 Å². The van der Waals surface area contributed by atoms with Gasteiger partial charge in [-0.2, -0.15) is 4.31 Å². The minimum Gasteiger partial charge on any atom is -0.396 e. The summed E-state index contributed by atoms with van der Waals surface area (Å²) in [5.74, 6) is 1.16. The molecule has 0 bridgehead atoms. The topological polar surface area (TPSA) is 57.6 Å². The summed E-state index contributed by atoms with van der Waals surface area (Å²) in [5, 5.41) is 8.84. The van der Waals surface area contributed by atoms with Crippen LogP contribution in [0.4, 0.5) is 0 Å². The van der Waals surface area contributed by atoms with Gasteiger partial charge in [-0.1, -0.05) is 6.92 Å². The predicted molar refractivity (Wildman–Crippen MR) is 72.2 cm³/mol. The summed E-state index contributed by atoms with van der Waals surface area (Å²) in [5.41, 5.74) is 0. The van der Waals surface area contributed by atoms with E-state index >= 15 is 0 Å². The van der Waals surface area contributed by atoms with Gasteiger partial charge in [0, 0.05) is 31.5 Å². The molecule has 1 aromatic heterocycles. The third kappa shape index (κ3) is 2.93. The molecule has 4 nitrogen and oxygen atoms in total. The van der Waals surface area contributed by atoms with Gasteiger partial charge in [0.2, 0.25) is 0 Å². The van der Waals surface area contributed by atoms with E-state index in [0.29, 0.717) is 29.0 Å². The highest BCUT2D eigenvalue weighted by molar-refractivity contribution is 7.91. The maximum absolute atomic E-state index is 12.3. The summed E-state index contributed by atoms with van der Waals surface area (Å²) in [6, 6.07) is 3.42. The summed E-state index contributed by atoms with van der Waals surface area (Å²) in [6.45, 7) is 2.81. The van der Waals surface area contributed by atoms with E-state index in [4.69, 9.17) is 5.11 Å². The standard InChI is InChI=1S/C12H19NO3S2/c1-9-7-10(9)8-13(2)18(15,16)12-4-3-11(17-12)5-6-14/h3-4,9-10,14H,5-8H2,1-2H3. The SMILES string of the molecule is CC1CC1CN(C)S(=O)(=O)c1ccc(CCO)s1. The molecule has 0 amide bonds. The summed E-state index contributed by atoms with van der Waals surface area (Å²) in [7, 11) is -1.70. The maximum Gasteiger partial charge on any atom is 0.252 e. The zero-order valence-corrected chi connectivity index (χ0v) is 12.3. The molecule has 0 spiro atoms. The summed E-state index contributed by atoms with van der Waals surface area (Å²) in [4.78, 5) is 0.907. The molecule has 0 aromatic carbocycles. The van der Waals surface area contributed by atoms with Crippen molar-refractivity contribution < 1.29 is 13.5 Å². The Morgan fingerprint density at radius 2 is 2.17 bits per heavy atom. The second-order valence-corrected chi connectivity index (χ2v) is 8.39. The molecule has 1 aromatic rings. The number of rotatable bonds is 6. The lowest BCUT2D eigenvalue weighted by molar-refractivity contribution is 0.300. The van der Waals surface area contributed by atoms with Gasteiger partial charge < -0.3 is 5.11 Å². The Balaban J connectivity index is 2.08. The average Bonchev–Trinajstić information content (AvgIpc) is 2.80. The Bertz CT molecular complexity index is 509. The second kappa shape index (κ2) is 5.28. The van der Waals surface area contributed by atoms with E-state index in [1.165, 1.54) is 15.6 Å². The van der Waals surface area contributed by atoms with Crippen molar-refractivity contribution in [3.63, 3.8) is 0 Å². The molecular weight excluding hydrogens is 270 g/mol. The van der Waals surface area contributed by atoms with Crippen LogP contribution in [0, 0.1) is 11.8 Å². The quantitative estimate of drug-likeness (QED) is 0.864.